The number of amides is 1. The fourth-order valence-electron chi connectivity index (χ4n) is 1.65. The van der Waals surface area contributed by atoms with Gasteiger partial charge in [-0.25, -0.2) is 4.68 Å². The molecule has 0 aliphatic heterocycles. The zero-order valence-electron chi connectivity index (χ0n) is 11.9. The zero-order chi connectivity index (χ0) is 14.8. The molecule has 0 aliphatic carbocycles. The average Bonchev–Trinajstić information content (AvgIpc) is 2.88. The molecule has 2 rings (SSSR count). The number of nitrogens with one attached hydrogen (secondary N) is 1. The number of hydrogen-bond acceptors (Lipinski definition) is 4. The van der Waals surface area contributed by atoms with Crippen molar-refractivity contribution in [2.24, 2.45) is 5.73 Å². The SMILES string of the molecule is CC(C(=O)Nc1ccccc1)n1cc(C(C)(C)N)nn1. The van der Waals surface area contributed by atoms with Gasteiger partial charge in [0.2, 0.25) is 5.91 Å². The second-order valence-corrected chi connectivity index (χ2v) is 5.34. The molecule has 0 radical (unpaired) electrons. The number of rotatable bonds is 4. The summed E-state index contributed by atoms with van der Waals surface area (Å²) in [6.45, 7) is 5.45. The zero-order valence-corrected chi connectivity index (χ0v) is 11.9. The van der Waals surface area contributed by atoms with Crippen LogP contribution in [0.1, 0.15) is 32.5 Å². The summed E-state index contributed by atoms with van der Waals surface area (Å²) in [6, 6.07) is 8.83. The van der Waals surface area contributed by atoms with Crippen LogP contribution in [0.3, 0.4) is 0 Å². The molecule has 1 heterocycles. The Morgan fingerprint density at radius 2 is 2.00 bits per heavy atom. The fraction of sp³-hybridized carbons (Fsp3) is 0.357. The van der Waals surface area contributed by atoms with Crippen molar-refractivity contribution in [3.8, 4) is 0 Å². The Morgan fingerprint density at radius 3 is 2.55 bits per heavy atom. The standard InChI is InChI=1S/C14H19N5O/c1-10(13(20)16-11-7-5-4-6-8-11)19-9-12(17-18-19)14(2,3)15/h4-10H,15H2,1-3H3,(H,16,20). The van der Waals surface area contributed by atoms with Crippen molar-refractivity contribution in [1.82, 2.24) is 15.0 Å². The molecule has 0 aliphatic rings. The van der Waals surface area contributed by atoms with Crippen molar-refractivity contribution in [2.45, 2.75) is 32.4 Å². The van der Waals surface area contributed by atoms with Gasteiger partial charge in [-0.3, -0.25) is 4.79 Å². The molecule has 0 saturated heterocycles. The van der Waals surface area contributed by atoms with Crippen LogP contribution in [0.25, 0.3) is 0 Å². The molecule has 1 aromatic carbocycles. The van der Waals surface area contributed by atoms with Crippen molar-refractivity contribution in [3.05, 3.63) is 42.2 Å². The molecule has 6 nitrogen and oxygen atoms in total. The van der Waals surface area contributed by atoms with Gasteiger partial charge in [0.05, 0.1) is 11.7 Å². The summed E-state index contributed by atoms with van der Waals surface area (Å²) in [7, 11) is 0. The van der Waals surface area contributed by atoms with Crippen LogP contribution >= 0.6 is 0 Å². The lowest BCUT2D eigenvalue weighted by molar-refractivity contribution is -0.119. The Kier molecular flexibility index (Phi) is 3.85. The molecule has 1 atom stereocenters. The summed E-state index contributed by atoms with van der Waals surface area (Å²) in [6.07, 6.45) is 1.70. The third kappa shape index (κ3) is 3.21. The van der Waals surface area contributed by atoms with E-state index in [-0.39, 0.29) is 5.91 Å². The molecule has 1 amide bonds. The van der Waals surface area contributed by atoms with E-state index in [1.165, 1.54) is 4.68 Å². The maximum absolute atomic E-state index is 12.1. The number of anilines is 1. The Hall–Kier alpha value is -2.21. The largest absolute Gasteiger partial charge is 0.324 e. The lowest BCUT2D eigenvalue weighted by atomic mass is 10.0. The predicted molar refractivity (Wildman–Crippen MR) is 77.0 cm³/mol. The molecule has 1 aromatic heterocycles. The molecule has 20 heavy (non-hydrogen) atoms. The summed E-state index contributed by atoms with van der Waals surface area (Å²) in [5.74, 6) is -0.150. The van der Waals surface area contributed by atoms with Crippen LogP contribution in [0.4, 0.5) is 5.69 Å². The van der Waals surface area contributed by atoms with Crippen molar-refractivity contribution in [3.63, 3.8) is 0 Å². The highest BCUT2D eigenvalue weighted by Crippen LogP contribution is 2.16. The van der Waals surface area contributed by atoms with Crippen LogP contribution in [-0.4, -0.2) is 20.9 Å². The van der Waals surface area contributed by atoms with Crippen molar-refractivity contribution in [1.29, 1.82) is 0 Å². The Bertz CT molecular complexity index is 585. The van der Waals surface area contributed by atoms with Gasteiger partial charge in [-0.05, 0) is 32.9 Å². The minimum atomic E-state index is -0.576. The highest BCUT2D eigenvalue weighted by atomic mass is 16.2. The number of aromatic nitrogens is 3. The van der Waals surface area contributed by atoms with E-state index in [4.69, 9.17) is 5.73 Å². The molecule has 0 spiro atoms. The third-order valence-electron chi connectivity index (χ3n) is 2.99. The number of benzene rings is 1. The molecule has 0 fully saturated rings. The second-order valence-electron chi connectivity index (χ2n) is 5.34. The topological polar surface area (TPSA) is 85.8 Å². The third-order valence-corrected chi connectivity index (χ3v) is 2.99. The van der Waals surface area contributed by atoms with Gasteiger partial charge in [0, 0.05) is 5.69 Å². The Morgan fingerprint density at radius 1 is 1.35 bits per heavy atom. The van der Waals surface area contributed by atoms with Crippen LogP contribution in [0.5, 0.6) is 0 Å². The minimum Gasteiger partial charge on any atom is -0.324 e. The van der Waals surface area contributed by atoms with Gasteiger partial charge in [-0.2, -0.15) is 0 Å². The number of hydrogen-bond donors (Lipinski definition) is 2. The Labute approximate surface area is 118 Å². The molecular weight excluding hydrogens is 254 g/mol. The lowest BCUT2D eigenvalue weighted by Crippen LogP contribution is -2.29. The lowest BCUT2D eigenvalue weighted by Gasteiger charge is -2.14. The highest BCUT2D eigenvalue weighted by molar-refractivity contribution is 5.93. The normalized spacial score (nSPS) is 13.0. The summed E-state index contributed by atoms with van der Waals surface area (Å²) in [5, 5.41) is 10.8. The molecule has 2 aromatic rings. The first kappa shape index (κ1) is 14.2. The summed E-state index contributed by atoms with van der Waals surface area (Å²) < 4.78 is 1.52. The van der Waals surface area contributed by atoms with Crippen molar-refractivity contribution in [2.75, 3.05) is 5.32 Å². The first-order chi connectivity index (χ1) is 9.38. The van der Waals surface area contributed by atoms with Crippen LogP contribution in [-0.2, 0) is 10.3 Å². The van der Waals surface area contributed by atoms with Crippen LogP contribution in [0, 0.1) is 0 Å². The maximum atomic E-state index is 12.1. The molecule has 6 heteroatoms. The number of nitrogens with two attached hydrogens (primary N) is 1. The van der Waals surface area contributed by atoms with Gasteiger partial charge in [0.1, 0.15) is 11.7 Å². The van der Waals surface area contributed by atoms with Crippen LogP contribution in [0.15, 0.2) is 36.5 Å². The van der Waals surface area contributed by atoms with Crippen molar-refractivity contribution >= 4 is 11.6 Å². The van der Waals surface area contributed by atoms with E-state index in [9.17, 15) is 4.79 Å². The van der Waals surface area contributed by atoms with Gasteiger partial charge in [-0.1, -0.05) is 23.4 Å². The van der Waals surface area contributed by atoms with Gasteiger partial charge < -0.3 is 11.1 Å². The fourth-order valence-corrected chi connectivity index (χ4v) is 1.65. The van der Waals surface area contributed by atoms with E-state index in [2.05, 4.69) is 15.6 Å². The molecule has 106 valence electrons. The van der Waals surface area contributed by atoms with Gasteiger partial charge in [0.25, 0.3) is 0 Å². The predicted octanol–water partition coefficient (Wildman–Crippen LogP) is 1.67. The van der Waals surface area contributed by atoms with E-state index >= 15 is 0 Å². The van der Waals surface area contributed by atoms with E-state index in [1.54, 1.807) is 13.1 Å². The minimum absolute atomic E-state index is 0.150. The van der Waals surface area contributed by atoms with Crippen LogP contribution in [0.2, 0.25) is 0 Å². The molecule has 0 saturated carbocycles. The first-order valence-corrected chi connectivity index (χ1v) is 6.45. The summed E-state index contributed by atoms with van der Waals surface area (Å²) >= 11 is 0. The molecular formula is C14H19N5O. The second kappa shape index (κ2) is 5.42. The first-order valence-electron chi connectivity index (χ1n) is 6.45. The number of para-hydroxylation sites is 1. The number of carbonyl (C=O) groups is 1. The van der Waals surface area contributed by atoms with Gasteiger partial charge >= 0.3 is 0 Å². The Balaban J connectivity index is 2.09. The quantitative estimate of drug-likeness (QED) is 0.887. The van der Waals surface area contributed by atoms with Gasteiger partial charge in [0.15, 0.2) is 0 Å². The molecule has 3 N–H and O–H groups in total. The summed E-state index contributed by atoms with van der Waals surface area (Å²) in [5.41, 5.74) is 6.78. The molecule has 0 bridgehead atoms. The highest BCUT2D eigenvalue weighted by Gasteiger charge is 2.22. The van der Waals surface area contributed by atoms with Gasteiger partial charge in [-0.15, -0.1) is 5.10 Å². The molecule has 1 unspecified atom stereocenters. The maximum Gasteiger partial charge on any atom is 0.249 e. The summed E-state index contributed by atoms with van der Waals surface area (Å²) in [4.78, 5) is 12.1. The smallest absolute Gasteiger partial charge is 0.249 e. The monoisotopic (exact) mass is 273 g/mol. The van der Waals surface area contributed by atoms with E-state index in [0.717, 1.165) is 5.69 Å². The van der Waals surface area contributed by atoms with Crippen molar-refractivity contribution < 1.29 is 4.79 Å². The van der Waals surface area contributed by atoms with E-state index in [0.29, 0.717) is 5.69 Å². The van der Waals surface area contributed by atoms with E-state index in [1.807, 2.05) is 44.2 Å². The average molecular weight is 273 g/mol. The van der Waals surface area contributed by atoms with E-state index < -0.39 is 11.6 Å². The number of nitrogens with zero attached hydrogens (tertiary/aromatic N) is 3. The van der Waals surface area contributed by atoms with Crippen LogP contribution < -0.4 is 11.1 Å². The number of carbonyl (C=O) groups excluding carboxylic acids is 1.